The summed E-state index contributed by atoms with van der Waals surface area (Å²) in [5.74, 6) is 0.850. The van der Waals surface area contributed by atoms with Gasteiger partial charge in [-0.25, -0.2) is 13.4 Å². The number of nitrogens with one attached hydrogen (secondary N) is 1. The summed E-state index contributed by atoms with van der Waals surface area (Å²) in [6, 6.07) is 13.4. The SMILES string of the molecule is COc1ccc2nc(-n3nc(C)cc3NC(=O)c3ccc(S(=O)(=O)N4CCCCC4)cc3)sc2c1. The van der Waals surface area contributed by atoms with Gasteiger partial charge in [-0.1, -0.05) is 17.8 Å². The minimum Gasteiger partial charge on any atom is -0.497 e. The van der Waals surface area contributed by atoms with Crippen LogP contribution in [0.5, 0.6) is 5.75 Å². The Kier molecular flexibility index (Phi) is 6.30. The monoisotopic (exact) mass is 511 g/mol. The van der Waals surface area contributed by atoms with E-state index in [1.54, 1.807) is 17.9 Å². The Hall–Kier alpha value is -3.28. The smallest absolute Gasteiger partial charge is 0.256 e. The van der Waals surface area contributed by atoms with Gasteiger partial charge in [-0.2, -0.15) is 14.1 Å². The third kappa shape index (κ3) is 4.66. The molecule has 1 fully saturated rings. The maximum absolute atomic E-state index is 13.0. The van der Waals surface area contributed by atoms with Crippen LogP contribution in [0.3, 0.4) is 0 Å². The predicted octanol–water partition coefficient (Wildman–Crippen LogP) is 4.23. The first-order valence-electron chi connectivity index (χ1n) is 11.3. The molecule has 0 bridgehead atoms. The fourth-order valence-electron chi connectivity index (χ4n) is 4.07. The Labute approximate surface area is 207 Å². The van der Waals surface area contributed by atoms with Crippen LogP contribution >= 0.6 is 11.3 Å². The van der Waals surface area contributed by atoms with Crippen molar-refractivity contribution >= 4 is 43.3 Å². The van der Waals surface area contributed by atoms with E-state index in [1.807, 2.05) is 25.1 Å². The molecule has 2 aromatic carbocycles. The lowest BCUT2D eigenvalue weighted by molar-refractivity contribution is 0.102. The molecule has 4 aromatic rings. The number of piperidine rings is 1. The molecule has 0 aliphatic carbocycles. The van der Waals surface area contributed by atoms with Crippen LogP contribution in [0.25, 0.3) is 15.3 Å². The highest BCUT2D eigenvalue weighted by Gasteiger charge is 2.26. The Morgan fingerprint density at radius 3 is 2.51 bits per heavy atom. The molecule has 35 heavy (non-hydrogen) atoms. The zero-order valence-corrected chi connectivity index (χ0v) is 21.0. The van der Waals surface area contributed by atoms with Crippen LogP contribution in [-0.2, 0) is 10.0 Å². The molecule has 1 amide bonds. The normalized spacial score (nSPS) is 14.8. The van der Waals surface area contributed by atoms with Gasteiger partial charge in [0, 0.05) is 24.7 Å². The molecule has 0 unspecified atom stereocenters. The number of rotatable bonds is 6. The highest BCUT2D eigenvalue weighted by atomic mass is 32.2. The average molecular weight is 512 g/mol. The predicted molar refractivity (Wildman–Crippen MR) is 135 cm³/mol. The number of thiazole rings is 1. The zero-order valence-electron chi connectivity index (χ0n) is 19.4. The van der Waals surface area contributed by atoms with E-state index < -0.39 is 10.0 Å². The summed E-state index contributed by atoms with van der Waals surface area (Å²) in [7, 11) is -1.93. The first-order valence-corrected chi connectivity index (χ1v) is 13.5. The highest BCUT2D eigenvalue weighted by molar-refractivity contribution is 7.89. The number of ether oxygens (including phenoxy) is 1. The minimum absolute atomic E-state index is 0.196. The fraction of sp³-hybridized carbons (Fsp3) is 0.292. The average Bonchev–Trinajstić information content (AvgIpc) is 3.46. The van der Waals surface area contributed by atoms with Gasteiger partial charge in [0.25, 0.3) is 5.91 Å². The van der Waals surface area contributed by atoms with Crippen molar-refractivity contribution in [1.82, 2.24) is 19.1 Å². The number of aromatic nitrogens is 3. The number of fused-ring (bicyclic) bond motifs is 1. The standard InChI is InChI=1S/C24H25N5O4S2/c1-16-14-22(29(27-16)24-25-20-11-8-18(33-2)15-21(20)34-24)26-23(30)17-6-9-19(10-7-17)35(31,32)28-12-4-3-5-13-28/h6-11,14-15H,3-5,12-13H2,1-2H3,(H,26,30). The summed E-state index contributed by atoms with van der Waals surface area (Å²) < 4.78 is 35.1. The summed E-state index contributed by atoms with van der Waals surface area (Å²) in [6.07, 6.45) is 2.79. The zero-order chi connectivity index (χ0) is 24.6. The van der Waals surface area contributed by atoms with E-state index in [9.17, 15) is 13.2 Å². The molecule has 0 spiro atoms. The van der Waals surface area contributed by atoms with Crippen LogP contribution in [0.2, 0.25) is 0 Å². The number of sulfonamides is 1. The lowest BCUT2D eigenvalue weighted by atomic mass is 10.2. The molecule has 5 rings (SSSR count). The number of hydrogen-bond acceptors (Lipinski definition) is 7. The molecular formula is C24H25N5O4S2. The van der Waals surface area contributed by atoms with Crippen LogP contribution in [0.4, 0.5) is 5.82 Å². The van der Waals surface area contributed by atoms with E-state index in [0.717, 1.165) is 40.9 Å². The van der Waals surface area contributed by atoms with Crippen LogP contribution in [0.1, 0.15) is 35.3 Å². The van der Waals surface area contributed by atoms with Gasteiger partial charge < -0.3 is 10.1 Å². The summed E-state index contributed by atoms with van der Waals surface area (Å²) in [6.45, 7) is 2.90. The fourth-order valence-corrected chi connectivity index (χ4v) is 6.54. The molecule has 0 atom stereocenters. The molecule has 0 radical (unpaired) electrons. The maximum Gasteiger partial charge on any atom is 0.256 e. The van der Waals surface area contributed by atoms with Crippen molar-refractivity contribution in [2.24, 2.45) is 0 Å². The lowest BCUT2D eigenvalue weighted by Crippen LogP contribution is -2.35. The van der Waals surface area contributed by atoms with Gasteiger partial charge in [0.05, 0.1) is 27.9 Å². The van der Waals surface area contributed by atoms with Crippen LogP contribution in [0, 0.1) is 6.92 Å². The molecule has 0 saturated carbocycles. The second-order valence-corrected chi connectivity index (χ2v) is 11.3. The molecule has 182 valence electrons. The molecule has 11 heteroatoms. The van der Waals surface area contributed by atoms with E-state index >= 15 is 0 Å². The van der Waals surface area contributed by atoms with Crippen molar-refractivity contribution in [3.63, 3.8) is 0 Å². The first-order chi connectivity index (χ1) is 16.8. The number of methoxy groups -OCH3 is 1. The topological polar surface area (TPSA) is 106 Å². The maximum atomic E-state index is 13.0. The summed E-state index contributed by atoms with van der Waals surface area (Å²) in [5, 5.41) is 7.99. The summed E-state index contributed by atoms with van der Waals surface area (Å²) in [4.78, 5) is 17.8. The Balaban J connectivity index is 1.37. The number of hydrogen-bond donors (Lipinski definition) is 1. The van der Waals surface area contributed by atoms with E-state index in [0.29, 0.717) is 29.6 Å². The molecule has 1 N–H and O–H groups in total. The lowest BCUT2D eigenvalue weighted by Gasteiger charge is -2.25. The van der Waals surface area contributed by atoms with Crippen LogP contribution in [0.15, 0.2) is 53.4 Å². The van der Waals surface area contributed by atoms with Gasteiger partial charge in [0.15, 0.2) is 0 Å². The molecule has 2 aromatic heterocycles. The molecular weight excluding hydrogens is 486 g/mol. The van der Waals surface area contributed by atoms with Gasteiger partial charge in [0.2, 0.25) is 15.2 Å². The van der Waals surface area contributed by atoms with Crippen molar-refractivity contribution < 1.29 is 17.9 Å². The molecule has 1 aliphatic heterocycles. The molecule has 1 aliphatic rings. The number of anilines is 1. The van der Waals surface area contributed by atoms with E-state index in [1.165, 1.54) is 39.9 Å². The van der Waals surface area contributed by atoms with E-state index in [4.69, 9.17) is 4.74 Å². The minimum atomic E-state index is -3.55. The number of aryl methyl sites for hydroxylation is 1. The number of nitrogens with zero attached hydrogens (tertiary/aromatic N) is 4. The highest BCUT2D eigenvalue weighted by Crippen LogP contribution is 2.30. The van der Waals surface area contributed by atoms with Crippen LogP contribution in [-0.4, -0.2) is 53.6 Å². The molecule has 3 heterocycles. The van der Waals surface area contributed by atoms with Crippen molar-refractivity contribution in [2.45, 2.75) is 31.1 Å². The Morgan fingerprint density at radius 1 is 1.06 bits per heavy atom. The van der Waals surface area contributed by atoms with E-state index in [2.05, 4.69) is 15.4 Å². The quantitative estimate of drug-likeness (QED) is 0.415. The number of benzene rings is 2. The van der Waals surface area contributed by atoms with Gasteiger partial charge >= 0.3 is 0 Å². The first kappa shape index (κ1) is 23.5. The van der Waals surface area contributed by atoms with Gasteiger partial charge in [-0.05, 0) is 62.2 Å². The number of carbonyl (C=O) groups excluding carboxylic acids is 1. The van der Waals surface area contributed by atoms with Crippen molar-refractivity contribution in [2.75, 3.05) is 25.5 Å². The second kappa shape index (κ2) is 9.40. The Bertz CT molecular complexity index is 1490. The van der Waals surface area contributed by atoms with Crippen LogP contribution < -0.4 is 10.1 Å². The van der Waals surface area contributed by atoms with Crippen molar-refractivity contribution in [1.29, 1.82) is 0 Å². The summed E-state index contributed by atoms with van der Waals surface area (Å²) in [5.41, 5.74) is 1.88. The van der Waals surface area contributed by atoms with Gasteiger partial charge in [-0.15, -0.1) is 0 Å². The second-order valence-electron chi connectivity index (χ2n) is 8.36. The summed E-state index contributed by atoms with van der Waals surface area (Å²) >= 11 is 1.44. The number of carbonyl (C=O) groups is 1. The van der Waals surface area contributed by atoms with Crippen molar-refractivity contribution in [3.05, 3.63) is 59.8 Å². The van der Waals surface area contributed by atoms with Crippen molar-refractivity contribution in [3.8, 4) is 10.9 Å². The van der Waals surface area contributed by atoms with Gasteiger partial charge in [-0.3, -0.25) is 4.79 Å². The third-order valence-corrected chi connectivity index (χ3v) is 8.81. The number of amides is 1. The molecule has 9 nitrogen and oxygen atoms in total. The Morgan fingerprint density at radius 2 is 1.80 bits per heavy atom. The molecule has 1 saturated heterocycles. The van der Waals surface area contributed by atoms with E-state index in [-0.39, 0.29) is 10.8 Å². The largest absolute Gasteiger partial charge is 0.497 e. The van der Waals surface area contributed by atoms with Gasteiger partial charge in [0.1, 0.15) is 11.6 Å². The third-order valence-electron chi connectivity index (χ3n) is 5.91.